The highest BCUT2D eigenvalue weighted by Crippen LogP contribution is 2.34. The summed E-state index contributed by atoms with van der Waals surface area (Å²) >= 11 is 1.89. The van der Waals surface area contributed by atoms with Gasteiger partial charge in [-0.1, -0.05) is 33.1 Å². The average Bonchev–Trinajstić information content (AvgIpc) is 2.26. The van der Waals surface area contributed by atoms with Gasteiger partial charge in [0.05, 0.1) is 11.3 Å². The molecule has 0 aromatic rings. The molecule has 0 aromatic carbocycles. The van der Waals surface area contributed by atoms with Crippen LogP contribution in [0.4, 0.5) is 0 Å². The van der Waals surface area contributed by atoms with E-state index in [1.165, 1.54) is 38.5 Å². The number of hydrogen-bond acceptors (Lipinski definition) is 2. The molecule has 14 heavy (non-hydrogen) atoms. The minimum atomic E-state index is 0.255. The van der Waals surface area contributed by atoms with E-state index in [0.717, 1.165) is 0 Å². The minimum Gasteiger partial charge on any atom is -0.197 e. The van der Waals surface area contributed by atoms with Crippen LogP contribution in [0.25, 0.3) is 0 Å². The molecule has 2 unspecified atom stereocenters. The van der Waals surface area contributed by atoms with Gasteiger partial charge in [0.2, 0.25) is 0 Å². The maximum absolute atomic E-state index is 9.15. The lowest BCUT2D eigenvalue weighted by Gasteiger charge is -2.26. The summed E-state index contributed by atoms with van der Waals surface area (Å²) in [6, 6.07) is 2.50. The van der Waals surface area contributed by atoms with Crippen LogP contribution in [0.15, 0.2) is 0 Å². The van der Waals surface area contributed by atoms with E-state index in [9.17, 15) is 0 Å². The Kier molecular flexibility index (Phi) is 5.40. The molecule has 1 fully saturated rings. The van der Waals surface area contributed by atoms with Gasteiger partial charge in [-0.15, -0.1) is 11.8 Å². The monoisotopic (exact) mass is 211 g/mol. The summed E-state index contributed by atoms with van der Waals surface area (Å²) < 4.78 is 0. The Morgan fingerprint density at radius 3 is 2.50 bits per heavy atom. The van der Waals surface area contributed by atoms with Crippen molar-refractivity contribution in [1.29, 1.82) is 5.26 Å². The summed E-state index contributed by atoms with van der Waals surface area (Å²) in [5.74, 6) is 0.674. The van der Waals surface area contributed by atoms with Gasteiger partial charge in [0.15, 0.2) is 0 Å². The standard InChI is InChI=1S/C12H21NS/c1-3-10(2)14-12(9-13)11-7-5-4-6-8-11/h10-12H,3-8H2,1-2H3. The van der Waals surface area contributed by atoms with Gasteiger partial charge < -0.3 is 0 Å². The van der Waals surface area contributed by atoms with E-state index in [4.69, 9.17) is 5.26 Å². The van der Waals surface area contributed by atoms with Crippen molar-refractivity contribution in [2.24, 2.45) is 5.92 Å². The smallest absolute Gasteiger partial charge is 0.0947 e. The maximum Gasteiger partial charge on any atom is 0.0947 e. The molecule has 0 heterocycles. The summed E-state index contributed by atoms with van der Waals surface area (Å²) in [6.45, 7) is 4.44. The van der Waals surface area contributed by atoms with E-state index in [2.05, 4.69) is 19.9 Å². The van der Waals surface area contributed by atoms with Gasteiger partial charge in [-0.2, -0.15) is 5.26 Å². The fourth-order valence-electron chi connectivity index (χ4n) is 2.03. The first-order valence-electron chi connectivity index (χ1n) is 5.83. The molecule has 0 radical (unpaired) electrons. The van der Waals surface area contributed by atoms with E-state index in [-0.39, 0.29) is 5.25 Å². The van der Waals surface area contributed by atoms with Crippen LogP contribution < -0.4 is 0 Å². The summed E-state index contributed by atoms with van der Waals surface area (Å²) in [7, 11) is 0. The minimum absolute atomic E-state index is 0.255. The highest BCUT2D eigenvalue weighted by Gasteiger charge is 2.24. The Hall–Kier alpha value is -0.160. The molecule has 80 valence electrons. The molecule has 1 rings (SSSR count). The lowest BCUT2D eigenvalue weighted by Crippen LogP contribution is -2.20. The maximum atomic E-state index is 9.15. The van der Waals surface area contributed by atoms with Crippen LogP contribution in [-0.2, 0) is 0 Å². The zero-order valence-corrected chi connectivity index (χ0v) is 10.1. The number of nitriles is 1. The number of thioether (sulfide) groups is 1. The summed E-state index contributed by atoms with van der Waals surface area (Å²) in [5, 5.41) is 10.0. The van der Waals surface area contributed by atoms with Crippen molar-refractivity contribution in [3.05, 3.63) is 0 Å². The van der Waals surface area contributed by atoms with Crippen LogP contribution in [0.3, 0.4) is 0 Å². The fourth-order valence-corrected chi connectivity index (χ4v) is 3.28. The lowest BCUT2D eigenvalue weighted by molar-refractivity contribution is 0.370. The predicted molar refractivity (Wildman–Crippen MR) is 63.3 cm³/mol. The van der Waals surface area contributed by atoms with Crippen molar-refractivity contribution in [2.45, 2.75) is 62.9 Å². The Balaban J connectivity index is 2.40. The topological polar surface area (TPSA) is 23.8 Å². The van der Waals surface area contributed by atoms with Gasteiger partial charge in [0, 0.05) is 5.25 Å². The van der Waals surface area contributed by atoms with Crippen LogP contribution in [0.1, 0.15) is 52.4 Å². The Morgan fingerprint density at radius 2 is 2.00 bits per heavy atom. The van der Waals surface area contributed by atoms with Gasteiger partial charge in [-0.3, -0.25) is 0 Å². The SMILES string of the molecule is CCC(C)SC(C#N)C1CCCCC1. The summed E-state index contributed by atoms with van der Waals surface area (Å²) in [6.07, 6.45) is 7.79. The zero-order chi connectivity index (χ0) is 10.4. The second-order valence-corrected chi connectivity index (χ2v) is 5.89. The molecule has 1 aliphatic rings. The van der Waals surface area contributed by atoms with Gasteiger partial charge in [-0.25, -0.2) is 0 Å². The van der Waals surface area contributed by atoms with Crippen molar-refractivity contribution in [3.8, 4) is 6.07 Å². The van der Waals surface area contributed by atoms with E-state index in [1.807, 2.05) is 11.8 Å². The van der Waals surface area contributed by atoms with Crippen molar-refractivity contribution < 1.29 is 0 Å². The normalized spacial score (nSPS) is 22.6. The molecule has 0 aliphatic heterocycles. The third kappa shape index (κ3) is 3.53. The number of hydrogen-bond donors (Lipinski definition) is 0. The van der Waals surface area contributed by atoms with Crippen LogP contribution in [0.5, 0.6) is 0 Å². The molecule has 2 heteroatoms. The molecule has 0 amide bonds. The van der Waals surface area contributed by atoms with Crippen molar-refractivity contribution >= 4 is 11.8 Å². The zero-order valence-electron chi connectivity index (χ0n) is 9.33. The second-order valence-electron chi connectivity index (χ2n) is 4.30. The average molecular weight is 211 g/mol. The highest BCUT2D eigenvalue weighted by atomic mass is 32.2. The molecule has 1 saturated carbocycles. The van der Waals surface area contributed by atoms with Gasteiger partial charge in [0.25, 0.3) is 0 Å². The van der Waals surface area contributed by atoms with E-state index in [1.54, 1.807) is 0 Å². The molecule has 2 atom stereocenters. The molecular weight excluding hydrogens is 190 g/mol. The first-order valence-corrected chi connectivity index (χ1v) is 6.77. The van der Waals surface area contributed by atoms with Gasteiger partial charge in [0.1, 0.15) is 0 Å². The molecule has 0 spiro atoms. The largest absolute Gasteiger partial charge is 0.197 e. The number of rotatable bonds is 4. The Bertz CT molecular complexity index is 191. The first-order chi connectivity index (χ1) is 6.77. The van der Waals surface area contributed by atoms with Crippen molar-refractivity contribution in [3.63, 3.8) is 0 Å². The third-order valence-electron chi connectivity index (χ3n) is 3.16. The van der Waals surface area contributed by atoms with E-state index in [0.29, 0.717) is 11.2 Å². The molecule has 1 nitrogen and oxygen atoms in total. The lowest BCUT2D eigenvalue weighted by atomic mass is 9.87. The number of nitrogens with zero attached hydrogens (tertiary/aromatic N) is 1. The summed E-state index contributed by atoms with van der Waals surface area (Å²) in [4.78, 5) is 0. The van der Waals surface area contributed by atoms with Crippen LogP contribution in [-0.4, -0.2) is 10.5 Å². The Labute approximate surface area is 92.3 Å². The third-order valence-corrected chi connectivity index (χ3v) is 4.74. The predicted octanol–water partition coefficient (Wildman–Crippen LogP) is 3.99. The van der Waals surface area contributed by atoms with Crippen LogP contribution in [0.2, 0.25) is 0 Å². The molecule has 0 bridgehead atoms. The molecule has 0 N–H and O–H groups in total. The second kappa shape index (κ2) is 6.35. The van der Waals surface area contributed by atoms with E-state index < -0.39 is 0 Å². The van der Waals surface area contributed by atoms with Crippen LogP contribution >= 0.6 is 11.8 Å². The Morgan fingerprint density at radius 1 is 1.36 bits per heavy atom. The molecular formula is C12H21NS. The summed E-state index contributed by atoms with van der Waals surface area (Å²) in [5.41, 5.74) is 0. The van der Waals surface area contributed by atoms with Gasteiger partial charge in [-0.05, 0) is 25.2 Å². The van der Waals surface area contributed by atoms with Gasteiger partial charge >= 0.3 is 0 Å². The molecule has 1 aliphatic carbocycles. The van der Waals surface area contributed by atoms with Crippen LogP contribution in [0, 0.1) is 17.2 Å². The fraction of sp³-hybridized carbons (Fsp3) is 0.917. The first kappa shape index (κ1) is 11.9. The highest BCUT2D eigenvalue weighted by molar-refractivity contribution is 8.00. The van der Waals surface area contributed by atoms with E-state index >= 15 is 0 Å². The quantitative estimate of drug-likeness (QED) is 0.702. The molecule has 0 aromatic heterocycles. The van der Waals surface area contributed by atoms with Crippen molar-refractivity contribution in [1.82, 2.24) is 0 Å². The van der Waals surface area contributed by atoms with Crippen molar-refractivity contribution in [2.75, 3.05) is 0 Å². The molecule has 0 saturated heterocycles.